The second-order valence-corrected chi connectivity index (χ2v) is 5.71. The first-order valence-corrected chi connectivity index (χ1v) is 7.40. The Balaban J connectivity index is 2.26. The number of rotatable bonds is 9. The van der Waals surface area contributed by atoms with Crippen molar-refractivity contribution in [2.45, 2.75) is 39.2 Å². The third kappa shape index (κ3) is 7.50. The molecule has 5 nitrogen and oxygen atoms in total. The van der Waals surface area contributed by atoms with Crippen molar-refractivity contribution in [1.29, 1.82) is 0 Å². The van der Waals surface area contributed by atoms with Crippen molar-refractivity contribution in [2.24, 2.45) is 11.7 Å². The van der Waals surface area contributed by atoms with Crippen LogP contribution in [-0.2, 0) is 9.53 Å². The Kier molecular flexibility index (Phi) is 8.02. The number of nitrogens with zero attached hydrogens (tertiary/aromatic N) is 1. The van der Waals surface area contributed by atoms with Gasteiger partial charge in [0.2, 0.25) is 5.91 Å². The molecule has 0 bridgehead atoms. The summed E-state index contributed by atoms with van der Waals surface area (Å²) in [5.41, 5.74) is 5.33. The molecule has 1 saturated heterocycles. The number of hydrogen-bond donors (Lipinski definition) is 2. The lowest BCUT2D eigenvalue weighted by Crippen LogP contribution is -2.47. The van der Waals surface area contributed by atoms with Gasteiger partial charge < -0.3 is 15.8 Å². The van der Waals surface area contributed by atoms with Crippen molar-refractivity contribution < 1.29 is 9.53 Å². The van der Waals surface area contributed by atoms with Gasteiger partial charge >= 0.3 is 0 Å². The van der Waals surface area contributed by atoms with Gasteiger partial charge in [0.25, 0.3) is 0 Å². The van der Waals surface area contributed by atoms with Crippen molar-refractivity contribution >= 4 is 5.91 Å². The number of hydrogen-bond acceptors (Lipinski definition) is 4. The molecule has 0 spiro atoms. The summed E-state index contributed by atoms with van der Waals surface area (Å²) in [7, 11) is 0. The molecule has 0 unspecified atom stereocenters. The standard InChI is InChI=1S/C14H29N3O2/c1-12(2)5-9-19-10-8-17(11-14(15)18)13-3-6-16-7-4-13/h12-13,16H,3-11H2,1-2H3,(H2,15,18). The van der Waals surface area contributed by atoms with Gasteiger partial charge in [-0.3, -0.25) is 9.69 Å². The summed E-state index contributed by atoms with van der Waals surface area (Å²) in [6, 6.07) is 0.461. The van der Waals surface area contributed by atoms with E-state index in [9.17, 15) is 4.79 Å². The molecule has 0 aliphatic carbocycles. The Morgan fingerprint density at radius 3 is 2.63 bits per heavy atom. The Labute approximate surface area is 116 Å². The molecule has 1 heterocycles. The summed E-state index contributed by atoms with van der Waals surface area (Å²) in [4.78, 5) is 13.3. The highest BCUT2D eigenvalue weighted by atomic mass is 16.5. The third-order valence-corrected chi connectivity index (χ3v) is 3.55. The molecule has 0 saturated carbocycles. The fourth-order valence-electron chi connectivity index (χ4n) is 2.37. The first-order chi connectivity index (χ1) is 9.09. The Morgan fingerprint density at radius 2 is 2.05 bits per heavy atom. The lowest BCUT2D eigenvalue weighted by atomic mass is 10.0. The quantitative estimate of drug-likeness (QED) is 0.602. The fourth-order valence-corrected chi connectivity index (χ4v) is 2.37. The SMILES string of the molecule is CC(C)CCOCCN(CC(N)=O)C1CCNCC1. The largest absolute Gasteiger partial charge is 0.380 e. The van der Waals surface area contributed by atoms with Crippen LogP contribution in [0.25, 0.3) is 0 Å². The fraction of sp³-hybridized carbons (Fsp3) is 0.929. The van der Waals surface area contributed by atoms with Gasteiger partial charge in [0.1, 0.15) is 0 Å². The van der Waals surface area contributed by atoms with E-state index >= 15 is 0 Å². The number of carbonyl (C=O) groups is 1. The minimum atomic E-state index is -0.249. The zero-order chi connectivity index (χ0) is 14.1. The Morgan fingerprint density at radius 1 is 1.37 bits per heavy atom. The van der Waals surface area contributed by atoms with Crippen molar-refractivity contribution in [2.75, 3.05) is 39.4 Å². The first kappa shape index (κ1) is 16.4. The summed E-state index contributed by atoms with van der Waals surface area (Å²) in [5, 5.41) is 3.34. The molecule has 1 aliphatic rings. The second-order valence-electron chi connectivity index (χ2n) is 5.71. The van der Waals surface area contributed by atoms with E-state index in [0.29, 0.717) is 25.1 Å². The lowest BCUT2D eigenvalue weighted by Gasteiger charge is -2.33. The molecule has 0 radical (unpaired) electrons. The zero-order valence-corrected chi connectivity index (χ0v) is 12.4. The van der Waals surface area contributed by atoms with Crippen molar-refractivity contribution in [3.8, 4) is 0 Å². The van der Waals surface area contributed by atoms with Crippen LogP contribution in [-0.4, -0.2) is 56.2 Å². The van der Waals surface area contributed by atoms with Gasteiger partial charge in [-0.05, 0) is 38.3 Å². The van der Waals surface area contributed by atoms with E-state index in [0.717, 1.165) is 45.5 Å². The molecular formula is C14H29N3O2. The summed E-state index contributed by atoms with van der Waals surface area (Å²) >= 11 is 0. The molecule has 1 amide bonds. The highest BCUT2D eigenvalue weighted by molar-refractivity contribution is 5.75. The van der Waals surface area contributed by atoms with Crippen LogP contribution in [0.2, 0.25) is 0 Å². The number of nitrogens with one attached hydrogen (secondary N) is 1. The van der Waals surface area contributed by atoms with Crippen LogP contribution in [0.4, 0.5) is 0 Å². The summed E-state index contributed by atoms with van der Waals surface area (Å²) in [5.74, 6) is 0.423. The number of carbonyl (C=O) groups excluding carboxylic acids is 1. The van der Waals surface area contributed by atoms with E-state index < -0.39 is 0 Å². The van der Waals surface area contributed by atoms with Crippen LogP contribution < -0.4 is 11.1 Å². The third-order valence-electron chi connectivity index (χ3n) is 3.55. The first-order valence-electron chi connectivity index (χ1n) is 7.40. The van der Waals surface area contributed by atoms with Crippen LogP contribution in [0.1, 0.15) is 33.1 Å². The van der Waals surface area contributed by atoms with Gasteiger partial charge in [-0.25, -0.2) is 0 Å². The molecule has 5 heteroatoms. The molecule has 0 aromatic carbocycles. The predicted octanol–water partition coefficient (Wildman–Crippen LogP) is 0.588. The summed E-state index contributed by atoms with van der Waals surface area (Å²) in [6.07, 6.45) is 3.25. The molecule has 3 N–H and O–H groups in total. The maximum absolute atomic E-state index is 11.2. The predicted molar refractivity (Wildman–Crippen MR) is 76.9 cm³/mol. The van der Waals surface area contributed by atoms with Gasteiger partial charge in [0.05, 0.1) is 13.2 Å². The molecule has 1 fully saturated rings. The number of nitrogens with two attached hydrogens (primary N) is 1. The minimum absolute atomic E-state index is 0.249. The van der Waals surface area contributed by atoms with Crippen molar-refractivity contribution in [1.82, 2.24) is 10.2 Å². The molecule has 1 rings (SSSR count). The highest BCUT2D eigenvalue weighted by Gasteiger charge is 2.21. The van der Waals surface area contributed by atoms with Gasteiger partial charge in [0.15, 0.2) is 0 Å². The number of ether oxygens (including phenoxy) is 1. The smallest absolute Gasteiger partial charge is 0.231 e. The molecule has 112 valence electrons. The highest BCUT2D eigenvalue weighted by Crippen LogP contribution is 2.11. The molecule has 0 atom stereocenters. The van der Waals surface area contributed by atoms with E-state index in [2.05, 4.69) is 24.1 Å². The van der Waals surface area contributed by atoms with Crippen molar-refractivity contribution in [3.63, 3.8) is 0 Å². The minimum Gasteiger partial charge on any atom is -0.380 e. The monoisotopic (exact) mass is 271 g/mol. The van der Waals surface area contributed by atoms with Gasteiger partial charge in [-0.2, -0.15) is 0 Å². The Bertz CT molecular complexity index is 253. The van der Waals surface area contributed by atoms with E-state index in [1.165, 1.54) is 0 Å². The van der Waals surface area contributed by atoms with Crippen LogP contribution >= 0.6 is 0 Å². The number of amides is 1. The zero-order valence-electron chi connectivity index (χ0n) is 12.4. The van der Waals surface area contributed by atoms with E-state index in [1.54, 1.807) is 0 Å². The van der Waals surface area contributed by atoms with Crippen LogP contribution in [0.5, 0.6) is 0 Å². The summed E-state index contributed by atoms with van der Waals surface area (Å²) < 4.78 is 5.64. The van der Waals surface area contributed by atoms with E-state index in [-0.39, 0.29) is 5.91 Å². The summed E-state index contributed by atoms with van der Waals surface area (Å²) in [6.45, 7) is 9.06. The van der Waals surface area contributed by atoms with Crippen molar-refractivity contribution in [3.05, 3.63) is 0 Å². The maximum atomic E-state index is 11.2. The van der Waals surface area contributed by atoms with Gasteiger partial charge in [-0.15, -0.1) is 0 Å². The van der Waals surface area contributed by atoms with Crippen LogP contribution in [0.3, 0.4) is 0 Å². The van der Waals surface area contributed by atoms with E-state index in [4.69, 9.17) is 10.5 Å². The topological polar surface area (TPSA) is 67.6 Å². The molecule has 0 aromatic rings. The number of primary amides is 1. The Hall–Kier alpha value is -0.650. The van der Waals surface area contributed by atoms with E-state index in [1.807, 2.05) is 0 Å². The molecule has 1 aliphatic heterocycles. The molecule has 0 aromatic heterocycles. The lowest BCUT2D eigenvalue weighted by molar-refractivity contribution is -0.120. The van der Waals surface area contributed by atoms with Crippen LogP contribution in [0.15, 0.2) is 0 Å². The molecular weight excluding hydrogens is 242 g/mol. The number of piperidine rings is 1. The average Bonchev–Trinajstić information content (AvgIpc) is 2.37. The maximum Gasteiger partial charge on any atom is 0.231 e. The molecule has 19 heavy (non-hydrogen) atoms. The van der Waals surface area contributed by atoms with Gasteiger partial charge in [0, 0.05) is 19.2 Å². The second kappa shape index (κ2) is 9.28. The van der Waals surface area contributed by atoms with Crippen LogP contribution in [0, 0.1) is 5.92 Å². The normalized spacial score (nSPS) is 17.3. The van der Waals surface area contributed by atoms with Gasteiger partial charge in [-0.1, -0.05) is 13.8 Å². The average molecular weight is 271 g/mol.